The first kappa shape index (κ1) is 30.0. The van der Waals surface area contributed by atoms with Crippen LogP contribution in [0.3, 0.4) is 0 Å². The lowest BCUT2D eigenvalue weighted by atomic mass is 9.54. The Morgan fingerprint density at radius 2 is 0.667 bits per heavy atom. The summed E-state index contributed by atoms with van der Waals surface area (Å²) >= 11 is 0. The predicted molar refractivity (Wildman–Crippen MR) is 84.6 cm³/mol. The Morgan fingerprint density at radius 3 is 0.939 bits per heavy atom. The summed E-state index contributed by atoms with van der Waals surface area (Å²) in [6.07, 6.45) is -33.0. The Kier molecular flexibility index (Phi) is 9.00. The van der Waals surface area contributed by atoms with Crippen LogP contribution in [0, 0.1) is 35.5 Å². The van der Waals surface area contributed by atoms with E-state index in [9.17, 15) is 65.9 Å². The highest BCUT2D eigenvalue weighted by Gasteiger charge is 2.78. The first-order valence-corrected chi connectivity index (χ1v) is 9.89. The summed E-state index contributed by atoms with van der Waals surface area (Å²) < 4.78 is 203. The molecule has 0 aromatic carbocycles. The Morgan fingerprint density at radius 1 is 0.394 bits per heavy atom. The summed E-state index contributed by atoms with van der Waals surface area (Å²) in [7, 11) is 0. The Hall–Kier alpha value is -1.05. The number of hydrogen-bond acceptors (Lipinski definition) is 0. The van der Waals surface area contributed by atoms with Gasteiger partial charge in [-0.1, -0.05) is 39.0 Å². The average Bonchev–Trinajstić information content (AvgIpc) is 2.55. The van der Waals surface area contributed by atoms with Gasteiger partial charge < -0.3 is 0 Å². The molecule has 0 radical (unpaired) electrons. The van der Waals surface area contributed by atoms with Gasteiger partial charge in [0.2, 0.25) is 0 Å². The molecule has 0 spiro atoms. The summed E-state index contributed by atoms with van der Waals surface area (Å²) in [4.78, 5) is 0. The SMILES string of the molecule is CCCCCCCC1C(C(F)(F)F)C(C(F)(F)F)C(C(F)(F)F)C(C(F)(F)F)C1C(F)(F)F. The molecule has 0 aromatic rings. The first-order valence-electron chi connectivity index (χ1n) is 9.89. The van der Waals surface area contributed by atoms with Gasteiger partial charge in [-0.25, -0.2) is 0 Å². The van der Waals surface area contributed by atoms with Crippen LogP contribution in [0.5, 0.6) is 0 Å². The second-order valence-electron chi connectivity index (χ2n) is 8.20. The molecule has 1 saturated carbocycles. The molecule has 0 heterocycles. The average molecular weight is 522 g/mol. The zero-order valence-electron chi connectivity index (χ0n) is 16.9. The molecule has 198 valence electrons. The molecule has 33 heavy (non-hydrogen) atoms. The van der Waals surface area contributed by atoms with Gasteiger partial charge in [-0.3, -0.25) is 0 Å². The van der Waals surface area contributed by atoms with Gasteiger partial charge in [0.05, 0.1) is 29.6 Å². The maximum absolute atomic E-state index is 13.6. The van der Waals surface area contributed by atoms with Crippen LogP contribution >= 0.6 is 0 Å². The van der Waals surface area contributed by atoms with E-state index in [1.54, 1.807) is 6.92 Å². The molecule has 1 fully saturated rings. The highest BCUT2D eigenvalue weighted by molar-refractivity contribution is 5.07. The lowest BCUT2D eigenvalue weighted by Crippen LogP contribution is -2.64. The van der Waals surface area contributed by atoms with Gasteiger partial charge in [0, 0.05) is 0 Å². The molecule has 0 aromatic heterocycles. The van der Waals surface area contributed by atoms with E-state index in [4.69, 9.17) is 0 Å². The lowest BCUT2D eigenvalue weighted by Gasteiger charge is -2.53. The molecule has 0 bridgehead atoms. The molecular formula is C18H21F15. The summed E-state index contributed by atoms with van der Waals surface area (Å²) in [5, 5.41) is 0. The molecule has 1 aliphatic rings. The van der Waals surface area contributed by atoms with E-state index in [0.29, 0.717) is 12.8 Å². The number of alkyl halides is 15. The molecular weight excluding hydrogens is 501 g/mol. The highest BCUT2D eigenvalue weighted by atomic mass is 19.4. The van der Waals surface area contributed by atoms with Crippen LogP contribution in [-0.2, 0) is 0 Å². The lowest BCUT2D eigenvalue weighted by molar-refractivity contribution is -0.391. The Bertz CT molecular complexity index is 567. The zero-order valence-corrected chi connectivity index (χ0v) is 16.9. The summed E-state index contributed by atoms with van der Waals surface area (Å²) in [5.41, 5.74) is 0. The van der Waals surface area contributed by atoms with Crippen molar-refractivity contribution < 1.29 is 65.9 Å². The number of halogens is 15. The molecule has 0 amide bonds. The maximum atomic E-state index is 13.6. The normalized spacial score (nSPS) is 30.5. The molecule has 4 unspecified atom stereocenters. The van der Waals surface area contributed by atoms with Crippen LogP contribution in [0.25, 0.3) is 0 Å². The van der Waals surface area contributed by atoms with Gasteiger partial charge in [0.25, 0.3) is 0 Å². The van der Waals surface area contributed by atoms with Crippen LogP contribution in [0.2, 0.25) is 0 Å². The van der Waals surface area contributed by atoms with Gasteiger partial charge in [0.1, 0.15) is 0 Å². The number of rotatable bonds is 6. The van der Waals surface area contributed by atoms with Crippen molar-refractivity contribution in [1.29, 1.82) is 0 Å². The van der Waals surface area contributed by atoms with Crippen LogP contribution in [-0.4, -0.2) is 30.9 Å². The summed E-state index contributed by atoms with van der Waals surface area (Å²) in [5.74, 6) is -26.4. The topological polar surface area (TPSA) is 0 Å². The van der Waals surface area contributed by atoms with E-state index >= 15 is 0 Å². The third-order valence-electron chi connectivity index (χ3n) is 6.00. The van der Waals surface area contributed by atoms with E-state index in [1.165, 1.54) is 0 Å². The van der Waals surface area contributed by atoms with Gasteiger partial charge >= 0.3 is 30.9 Å². The van der Waals surface area contributed by atoms with Crippen LogP contribution in [0.1, 0.15) is 45.4 Å². The predicted octanol–water partition coefficient (Wildman–Crippen LogP) is 8.87. The number of hydrogen-bond donors (Lipinski definition) is 0. The number of unbranched alkanes of at least 4 members (excludes halogenated alkanes) is 4. The van der Waals surface area contributed by atoms with E-state index in [2.05, 4.69) is 0 Å². The molecule has 1 aliphatic carbocycles. The minimum Gasteiger partial charge on any atom is -0.171 e. The molecule has 0 N–H and O–H groups in total. The van der Waals surface area contributed by atoms with E-state index in [0.717, 1.165) is 0 Å². The van der Waals surface area contributed by atoms with E-state index in [1.807, 2.05) is 0 Å². The minimum atomic E-state index is -6.64. The Labute approximate surface area is 178 Å². The van der Waals surface area contributed by atoms with Crippen molar-refractivity contribution in [3.05, 3.63) is 0 Å². The molecule has 0 saturated heterocycles. The van der Waals surface area contributed by atoms with Gasteiger partial charge in [-0.05, 0) is 12.3 Å². The monoisotopic (exact) mass is 522 g/mol. The van der Waals surface area contributed by atoms with Gasteiger partial charge in [-0.15, -0.1) is 0 Å². The molecule has 15 heteroatoms. The fraction of sp³-hybridized carbons (Fsp3) is 1.00. The second-order valence-corrected chi connectivity index (χ2v) is 8.20. The second kappa shape index (κ2) is 9.90. The van der Waals surface area contributed by atoms with Crippen LogP contribution in [0.4, 0.5) is 65.9 Å². The van der Waals surface area contributed by atoms with Crippen molar-refractivity contribution in [3.8, 4) is 0 Å². The van der Waals surface area contributed by atoms with Crippen molar-refractivity contribution in [3.63, 3.8) is 0 Å². The Balaban J connectivity index is 3.82. The smallest absolute Gasteiger partial charge is 0.171 e. The summed E-state index contributed by atoms with van der Waals surface area (Å²) in [6.45, 7) is 1.68. The van der Waals surface area contributed by atoms with Gasteiger partial charge in [-0.2, -0.15) is 65.9 Å². The minimum absolute atomic E-state index is 0.102. The van der Waals surface area contributed by atoms with Crippen molar-refractivity contribution in [2.24, 2.45) is 35.5 Å². The zero-order chi connectivity index (χ0) is 26.2. The van der Waals surface area contributed by atoms with Crippen LogP contribution < -0.4 is 0 Å². The van der Waals surface area contributed by atoms with E-state index < -0.39 is 79.2 Å². The molecule has 0 nitrogen and oxygen atoms in total. The van der Waals surface area contributed by atoms with E-state index in [-0.39, 0.29) is 12.8 Å². The largest absolute Gasteiger partial charge is 0.393 e. The van der Waals surface area contributed by atoms with Gasteiger partial charge in [0.15, 0.2) is 0 Å². The molecule has 1 rings (SSSR count). The van der Waals surface area contributed by atoms with Crippen molar-refractivity contribution in [2.45, 2.75) is 76.3 Å². The standard InChI is InChI=1S/C18H21F15/c1-2-3-4-5-6-7-8-9(14(19,20)21)11(16(25,26)27)13(18(31,32)33)12(17(28,29)30)10(8)15(22,23)24/h8-13H,2-7H2,1H3. The highest BCUT2D eigenvalue weighted by Crippen LogP contribution is 2.66. The van der Waals surface area contributed by atoms with Crippen molar-refractivity contribution in [2.75, 3.05) is 0 Å². The fourth-order valence-electron chi connectivity index (χ4n) is 4.88. The molecule has 0 aliphatic heterocycles. The fourth-order valence-corrected chi connectivity index (χ4v) is 4.88. The third-order valence-corrected chi connectivity index (χ3v) is 6.00. The quantitative estimate of drug-likeness (QED) is 0.242. The summed E-state index contributed by atoms with van der Waals surface area (Å²) in [6, 6.07) is 0. The maximum Gasteiger partial charge on any atom is 0.393 e. The molecule has 4 atom stereocenters. The first-order chi connectivity index (χ1) is 14.6. The third kappa shape index (κ3) is 7.22. The van der Waals surface area contributed by atoms with Crippen molar-refractivity contribution >= 4 is 0 Å². The van der Waals surface area contributed by atoms with Crippen LogP contribution in [0.15, 0.2) is 0 Å². The van der Waals surface area contributed by atoms with Crippen molar-refractivity contribution in [1.82, 2.24) is 0 Å².